The lowest BCUT2D eigenvalue weighted by Gasteiger charge is -2.31. The summed E-state index contributed by atoms with van der Waals surface area (Å²) in [6, 6.07) is 7.22. The second kappa shape index (κ2) is 4.45. The van der Waals surface area contributed by atoms with E-state index in [1.165, 1.54) is 23.1 Å². The molecule has 0 fully saturated rings. The van der Waals surface area contributed by atoms with E-state index in [1.54, 1.807) is 0 Å². The van der Waals surface area contributed by atoms with E-state index in [0.717, 1.165) is 12.8 Å². The van der Waals surface area contributed by atoms with Crippen LogP contribution in [0.3, 0.4) is 0 Å². The highest BCUT2D eigenvalue weighted by Gasteiger charge is 2.25. The van der Waals surface area contributed by atoms with Gasteiger partial charge in [0.2, 0.25) is 0 Å². The molecule has 1 heteroatoms. The lowest BCUT2D eigenvalue weighted by Crippen LogP contribution is -2.22. The molecule has 0 spiro atoms. The van der Waals surface area contributed by atoms with E-state index in [4.69, 9.17) is 5.73 Å². The zero-order chi connectivity index (χ0) is 12.6. The fourth-order valence-corrected chi connectivity index (χ4v) is 2.71. The molecule has 0 aromatic heterocycles. The van der Waals surface area contributed by atoms with E-state index < -0.39 is 0 Å². The normalized spacial score (nSPS) is 24.5. The Kier molecular flexibility index (Phi) is 3.31. The Morgan fingerprint density at radius 1 is 1.24 bits per heavy atom. The lowest BCUT2D eigenvalue weighted by atomic mass is 9.76. The summed E-state index contributed by atoms with van der Waals surface area (Å²) >= 11 is 0. The van der Waals surface area contributed by atoms with Crippen molar-refractivity contribution in [2.24, 2.45) is 5.73 Å². The monoisotopic (exact) mass is 231 g/mol. The summed E-state index contributed by atoms with van der Waals surface area (Å²) in [5.41, 5.74) is 10.8. The average molecular weight is 231 g/mol. The van der Waals surface area contributed by atoms with E-state index in [-0.39, 0.29) is 11.5 Å². The third kappa shape index (κ3) is 2.26. The van der Waals surface area contributed by atoms with Gasteiger partial charge in [0, 0.05) is 6.04 Å². The molecule has 0 amide bonds. The minimum absolute atomic E-state index is 0.244. The topological polar surface area (TPSA) is 26.0 Å². The maximum atomic E-state index is 6.26. The van der Waals surface area contributed by atoms with Gasteiger partial charge in [0.05, 0.1) is 0 Å². The van der Waals surface area contributed by atoms with Crippen molar-refractivity contribution in [3.63, 3.8) is 0 Å². The molecule has 1 aromatic carbocycles. The minimum atomic E-state index is 0.244. The zero-order valence-electron chi connectivity index (χ0n) is 11.6. The van der Waals surface area contributed by atoms with Gasteiger partial charge < -0.3 is 5.73 Å². The van der Waals surface area contributed by atoms with Crippen LogP contribution in [-0.2, 0) is 5.41 Å². The summed E-state index contributed by atoms with van der Waals surface area (Å²) in [6.45, 7) is 9.19. The fourth-order valence-electron chi connectivity index (χ4n) is 2.71. The summed E-state index contributed by atoms with van der Waals surface area (Å²) in [6.07, 6.45) is 3.52. The molecule has 2 N–H and O–H groups in total. The van der Waals surface area contributed by atoms with Gasteiger partial charge in [-0.15, -0.1) is 0 Å². The number of hydrogen-bond donors (Lipinski definition) is 1. The van der Waals surface area contributed by atoms with Crippen molar-refractivity contribution in [2.45, 2.75) is 64.3 Å². The SMILES string of the molecule is CCC(C)(C)c1ccc2c(c1)[C@H](N)CCC2C. The molecule has 0 aliphatic heterocycles. The lowest BCUT2D eigenvalue weighted by molar-refractivity contribution is 0.491. The number of rotatable bonds is 2. The summed E-state index contributed by atoms with van der Waals surface area (Å²) in [7, 11) is 0. The first-order valence-corrected chi connectivity index (χ1v) is 6.85. The van der Waals surface area contributed by atoms with Crippen LogP contribution in [0.4, 0.5) is 0 Å². The minimum Gasteiger partial charge on any atom is -0.324 e. The second-order valence-corrected chi connectivity index (χ2v) is 6.17. The molecule has 0 saturated heterocycles. The molecule has 0 bridgehead atoms. The highest BCUT2D eigenvalue weighted by Crippen LogP contribution is 2.38. The molecule has 0 saturated carbocycles. The van der Waals surface area contributed by atoms with Gasteiger partial charge >= 0.3 is 0 Å². The van der Waals surface area contributed by atoms with E-state index >= 15 is 0 Å². The molecule has 1 aromatic rings. The Hall–Kier alpha value is -0.820. The second-order valence-electron chi connectivity index (χ2n) is 6.17. The summed E-state index contributed by atoms with van der Waals surface area (Å²) in [5, 5.41) is 0. The van der Waals surface area contributed by atoms with Gasteiger partial charge in [-0.25, -0.2) is 0 Å². The van der Waals surface area contributed by atoms with Crippen LogP contribution in [0.1, 0.15) is 75.6 Å². The van der Waals surface area contributed by atoms with Gasteiger partial charge in [-0.3, -0.25) is 0 Å². The summed E-state index contributed by atoms with van der Waals surface area (Å²) in [5.74, 6) is 0.670. The van der Waals surface area contributed by atoms with Crippen molar-refractivity contribution in [1.29, 1.82) is 0 Å². The predicted octanol–water partition coefficient (Wildman–Crippen LogP) is 4.27. The standard InChI is InChI=1S/C16H25N/c1-5-16(3,4)12-7-8-13-11(2)6-9-15(17)14(13)10-12/h7-8,10-11,15H,5-6,9,17H2,1-4H3/t11?,15-/m1/s1. The van der Waals surface area contributed by atoms with Gasteiger partial charge in [0.15, 0.2) is 0 Å². The fraction of sp³-hybridized carbons (Fsp3) is 0.625. The quantitative estimate of drug-likeness (QED) is 0.808. The molecule has 1 aliphatic carbocycles. The molecule has 2 rings (SSSR count). The molecule has 94 valence electrons. The maximum Gasteiger partial charge on any atom is 0.0298 e. The highest BCUT2D eigenvalue weighted by molar-refractivity contribution is 5.40. The van der Waals surface area contributed by atoms with Crippen LogP contribution >= 0.6 is 0 Å². The molecular formula is C16H25N. The third-order valence-electron chi connectivity index (χ3n) is 4.59. The van der Waals surface area contributed by atoms with Gasteiger partial charge in [-0.1, -0.05) is 45.9 Å². The third-order valence-corrected chi connectivity index (χ3v) is 4.59. The predicted molar refractivity (Wildman–Crippen MR) is 74.3 cm³/mol. The van der Waals surface area contributed by atoms with Crippen molar-refractivity contribution in [2.75, 3.05) is 0 Å². The smallest absolute Gasteiger partial charge is 0.0298 e. The molecule has 1 unspecified atom stereocenters. The van der Waals surface area contributed by atoms with E-state index in [1.807, 2.05) is 0 Å². The molecule has 0 heterocycles. The highest BCUT2D eigenvalue weighted by atomic mass is 14.6. The molecule has 2 atom stereocenters. The van der Waals surface area contributed by atoms with Crippen LogP contribution in [0.15, 0.2) is 18.2 Å². The number of nitrogens with two attached hydrogens (primary N) is 1. The maximum absolute atomic E-state index is 6.26. The van der Waals surface area contributed by atoms with Gasteiger partial charge in [-0.05, 0) is 47.3 Å². The number of benzene rings is 1. The van der Waals surface area contributed by atoms with Crippen LogP contribution in [0.2, 0.25) is 0 Å². The van der Waals surface area contributed by atoms with Crippen LogP contribution in [-0.4, -0.2) is 0 Å². The molecule has 0 radical (unpaired) electrons. The van der Waals surface area contributed by atoms with Gasteiger partial charge in [-0.2, -0.15) is 0 Å². The molecule has 1 nitrogen and oxygen atoms in total. The Morgan fingerprint density at radius 3 is 2.59 bits per heavy atom. The zero-order valence-corrected chi connectivity index (χ0v) is 11.6. The van der Waals surface area contributed by atoms with Crippen LogP contribution < -0.4 is 5.73 Å². The summed E-state index contributed by atoms with van der Waals surface area (Å²) in [4.78, 5) is 0. The Labute approximate surface area is 105 Å². The first-order valence-electron chi connectivity index (χ1n) is 6.85. The number of hydrogen-bond acceptors (Lipinski definition) is 1. The largest absolute Gasteiger partial charge is 0.324 e. The van der Waals surface area contributed by atoms with Crippen LogP contribution in [0.25, 0.3) is 0 Å². The Bertz CT molecular complexity index is 406. The van der Waals surface area contributed by atoms with Crippen molar-refractivity contribution in [3.05, 3.63) is 34.9 Å². The average Bonchev–Trinajstić information content (AvgIpc) is 2.33. The molecule has 1 aliphatic rings. The van der Waals surface area contributed by atoms with Crippen molar-refractivity contribution in [3.8, 4) is 0 Å². The first-order chi connectivity index (χ1) is 7.95. The molecular weight excluding hydrogens is 206 g/mol. The van der Waals surface area contributed by atoms with Crippen molar-refractivity contribution >= 4 is 0 Å². The van der Waals surface area contributed by atoms with Crippen LogP contribution in [0, 0.1) is 0 Å². The van der Waals surface area contributed by atoms with Gasteiger partial charge in [0.1, 0.15) is 0 Å². The summed E-state index contributed by atoms with van der Waals surface area (Å²) < 4.78 is 0. The Morgan fingerprint density at radius 2 is 1.94 bits per heavy atom. The van der Waals surface area contributed by atoms with Gasteiger partial charge in [0.25, 0.3) is 0 Å². The van der Waals surface area contributed by atoms with E-state index in [0.29, 0.717) is 5.92 Å². The first kappa shape index (κ1) is 12.6. The number of fused-ring (bicyclic) bond motifs is 1. The molecule has 17 heavy (non-hydrogen) atoms. The van der Waals surface area contributed by atoms with Crippen molar-refractivity contribution in [1.82, 2.24) is 0 Å². The van der Waals surface area contributed by atoms with Crippen LogP contribution in [0.5, 0.6) is 0 Å². The van der Waals surface area contributed by atoms with E-state index in [2.05, 4.69) is 45.9 Å². The van der Waals surface area contributed by atoms with E-state index in [9.17, 15) is 0 Å². The Balaban J connectivity index is 2.46. The van der Waals surface area contributed by atoms with Crippen molar-refractivity contribution < 1.29 is 0 Å².